The normalized spacial score (nSPS) is 25.2. The average Bonchev–Trinajstić information content (AvgIpc) is 0.753. The van der Waals surface area contributed by atoms with Gasteiger partial charge in [-0.2, -0.15) is 0 Å². The molecule has 3 fully saturated rings. The molecule has 23 nitrogen and oxygen atoms in total. The van der Waals surface area contributed by atoms with Gasteiger partial charge in [-0.05, 0) is 44.9 Å². The monoisotopic (exact) mass is 1630 g/mol. The number of carboxylic acid groups (broad SMARTS) is 1. The summed E-state index contributed by atoms with van der Waals surface area (Å²) in [6.07, 6.45) is 52.3. The average molecular weight is 1630 g/mol. The van der Waals surface area contributed by atoms with E-state index in [-0.39, 0.29) is 12.3 Å². The Morgan fingerprint density at radius 2 is 0.825 bits per heavy atom. The predicted molar refractivity (Wildman–Crippen MR) is 449 cm³/mol. The zero-order chi connectivity index (χ0) is 83.1. The van der Waals surface area contributed by atoms with Crippen LogP contribution in [0.2, 0.25) is 0 Å². The largest absolute Gasteiger partial charge is 0.477 e. The molecule has 0 aromatic heterocycles. The molecule has 3 aliphatic heterocycles. The summed E-state index contributed by atoms with van der Waals surface area (Å²) in [5.74, 6) is -6.13. The van der Waals surface area contributed by atoms with Crippen LogP contribution in [0.15, 0.2) is 24.3 Å². The quantitative estimate of drug-likeness (QED) is 0.0199. The highest BCUT2D eigenvalue weighted by atomic mass is 16.8. The molecule has 2 amide bonds. The van der Waals surface area contributed by atoms with Crippen molar-refractivity contribution in [1.82, 2.24) is 10.6 Å². The number of aliphatic hydroxyl groups is 11. The number of amides is 2. The van der Waals surface area contributed by atoms with E-state index in [2.05, 4.69) is 36.6 Å². The molecule has 114 heavy (non-hydrogen) atoms. The Labute approximate surface area is 689 Å². The molecule has 18 atom stereocenters. The second kappa shape index (κ2) is 68.8. The van der Waals surface area contributed by atoms with Gasteiger partial charge in [0.25, 0.3) is 5.79 Å². The molecule has 670 valence electrons. The van der Waals surface area contributed by atoms with Crippen molar-refractivity contribution in [2.75, 3.05) is 26.4 Å². The van der Waals surface area contributed by atoms with Crippen molar-refractivity contribution in [3.63, 3.8) is 0 Å². The first-order chi connectivity index (χ1) is 55.4. The van der Waals surface area contributed by atoms with Crippen molar-refractivity contribution in [1.29, 1.82) is 0 Å². The number of carboxylic acids is 1. The van der Waals surface area contributed by atoms with E-state index in [1.807, 2.05) is 6.08 Å². The van der Waals surface area contributed by atoms with Gasteiger partial charge in [-0.15, -0.1) is 0 Å². The molecule has 18 unspecified atom stereocenters. The van der Waals surface area contributed by atoms with Gasteiger partial charge in [0.2, 0.25) is 11.8 Å². The molecular weight excluding hydrogens is 1460 g/mol. The lowest BCUT2D eigenvalue weighted by Gasteiger charge is -2.50. The highest BCUT2D eigenvalue weighted by Crippen LogP contribution is 2.39. The number of carbonyl (C=O) groups is 3. The van der Waals surface area contributed by atoms with E-state index in [0.29, 0.717) is 12.8 Å². The fourth-order valence-corrected chi connectivity index (χ4v) is 16.3. The highest BCUT2D eigenvalue weighted by molar-refractivity contribution is 5.77. The standard InChI is InChI=1S/C91H170N2O21/c1-4-6-8-10-12-14-16-18-20-22-24-26-28-30-31-32-33-34-35-36-37-38-39-41-43-45-47-49-51-53-55-57-59-61-63-65-78(101)93-72(73(98)64-62-60-58-56-54-52-50-48-46-44-42-40-29-27-25-23-21-19-17-15-13-11-9-7-5-2)70-109-88-83(105)82(104)85(77(69-96)111-88)112-89-84(106)87(81(103)76(68-95)110-89)114-91(90(107)108)66-74(99)79(92-71(3)97)86(113-91)80(102)75(100)67-94/h32-33,62,64,72-77,79-89,94-96,98-100,102-106H,4-31,34-61,63,65-70H2,1-3H3,(H,92,97)(H,93,101)(H,107,108)/b33-32-,64-62+. The molecule has 3 heterocycles. The number of carbonyl (C=O) groups excluding carboxylic acids is 2. The van der Waals surface area contributed by atoms with Crippen molar-refractivity contribution >= 4 is 17.8 Å². The van der Waals surface area contributed by atoms with Gasteiger partial charge in [0.15, 0.2) is 12.6 Å². The van der Waals surface area contributed by atoms with Crippen LogP contribution in [0.25, 0.3) is 0 Å². The maximum Gasteiger partial charge on any atom is 0.364 e. The molecule has 3 aliphatic rings. The van der Waals surface area contributed by atoms with E-state index < -0.39 is 155 Å². The Hall–Kier alpha value is -2.79. The molecular formula is C91H170N2O21. The second-order valence-electron chi connectivity index (χ2n) is 33.9. The van der Waals surface area contributed by atoms with Crippen molar-refractivity contribution < 1.29 is 104 Å². The van der Waals surface area contributed by atoms with Crippen LogP contribution in [0.4, 0.5) is 0 Å². The van der Waals surface area contributed by atoms with Gasteiger partial charge >= 0.3 is 5.97 Å². The lowest BCUT2D eigenvalue weighted by molar-refractivity contribution is -0.386. The number of aliphatic hydroxyl groups excluding tert-OH is 11. The van der Waals surface area contributed by atoms with Crippen molar-refractivity contribution in [3.05, 3.63) is 24.3 Å². The van der Waals surface area contributed by atoms with E-state index in [4.69, 9.17) is 28.4 Å². The maximum absolute atomic E-state index is 13.6. The molecule has 23 heteroatoms. The third-order valence-electron chi connectivity index (χ3n) is 23.6. The highest BCUT2D eigenvalue weighted by Gasteiger charge is 2.60. The predicted octanol–water partition coefficient (Wildman–Crippen LogP) is 15.4. The molecule has 0 saturated carbocycles. The second-order valence-corrected chi connectivity index (χ2v) is 33.9. The van der Waals surface area contributed by atoms with Crippen LogP contribution >= 0.6 is 0 Å². The van der Waals surface area contributed by atoms with Gasteiger partial charge in [-0.25, -0.2) is 4.79 Å². The molecule has 3 rings (SSSR count). The smallest absolute Gasteiger partial charge is 0.364 e. The topological polar surface area (TPSA) is 373 Å². The summed E-state index contributed by atoms with van der Waals surface area (Å²) in [7, 11) is 0. The van der Waals surface area contributed by atoms with Gasteiger partial charge in [-0.1, -0.05) is 359 Å². The molecule has 0 spiro atoms. The number of unbranched alkanes of at least 4 members (excludes halogenated alkanes) is 54. The van der Waals surface area contributed by atoms with Gasteiger partial charge < -0.3 is 100 Å². The first-order valence-electron chi connectivity index (χ1n) is 46.7. The maximum atomic E-state index is 13.6. The Kier molecular flexibility index (Phi) is 63.6. The van der Waals surface area contributed by atoms with Gasteiger partial charge in [0.05, 0.1) is 50.7 Å². The van der Waals surface area contributed by atoms with Crippen LogP contribution in [-0.4, -0.2) is 215 Å². The van der Waals surface area contributed by atoms with E-state index in [1.165, 1.54) is 308 Å². The first kappa shape index (κ1) is 105. The van der Waals surface area contributed by atoms with Crippen LogP contribution in [-0.2, 0) is 42.8 Å². The van der Waals surface area contributed by atoms with Crippen LogP contribution in [0.1, 0.15) is 400 Å². The minimum Gasteiger partial charge on any atom is -0.477 e. The number of hydrogen-bond donors (Lipinski definition) is 14. The Morgan fingerprint density at radius 3 is 1.19 bits per heavy atom. The summed E-state index contributed by atoms with van der Waals surface area (Å²) in [6, 6.07) is -2.62. The summed E-state index contributed by atoms with van der Waals surface area (Å²) < 4.78 is 35.0. The summed E-state index contributed by atoms with van der Waals surface area (Å²) in [6.45, 7) is 2.22. The molecule has 3 saturated heterocycles. The first-order valence-corrected chi connectivity index (χ1v) is 46.7. The molecule has 0 bridgehead atoms. The summed E-state index contributed by atoms with van der Waals surface area (Å²) in [5, 5.41) is 137. The van der Waals surface area contributed by atoms with Gasteiger partial charge in [0, 0.05) is 19.8 Å². The number of allylic oxidation sites excluding steroid dienone is 3. The zero-order valence-electron chi connectivity index (χ0n) is 71.7. The number of nitrogens with one attached hydrogen (secondary N) is 2. The van der Waals surface area contributed by atoms with E-state index >= 15 is 0 Å². The third kappa shape index (κ3) is 46.9. The van der Waals surface area contributed by atoms with E-state index in [0.717, 1.165) is 51.9 Å². The number of ether oxygens (including phenoxy) is 6. The molecule has 0 radical (unpaired) electrons. The van der Waals surface area contributed by atoms with E-state index in [1.54, 1.807) is 6.08 Å². The number of hydrogen-bond acceptors (Lipinski definition) is 20. The SMILES string of the molecule is CCCCCCCCCCCCCCCC/C=C\CCCCCCCCCCCCCCCCCCCC(=O)NC(COC1OC(CO)C(OC2OC(CO)C(O)C(OC3(C(=O)O)CC(O)C(NC(C)=O)C(C(O)C(O)CO)O3)C2O)C(O)C1O)C(O)/C=C/CCCCCCCCCCCCCCCCCCCCCCCCC. The molecule has 14 N–H and O–H groups in total. The zero-order valence-corrected chi connectivity index (χ0v) is 71.7. The molecule has 0 aromatic rings. The number of aliphatic carboxylic acids is 1. The Bertz CT molecular complexity index is 2340. The summed E-state index contributed by atoms with van der Waals surface area (Å²) >= 11 is 0. The summed E-state index contributed by atoms with van der Waals surface area (Å²) in [5.41, 5.74) is 0. The molecule has 0 aliphatic carbocycles. The lowest BCUT2D eigenvalue weighted by atomic mass is 9.88. The van der Waals surface area contributed by atoms with Crippen LogP contribution < -0.4 is 10.6 Å². The van der Waals surface area contributed by atoms with Crippen LogP contribution in [0.3, 0.4) is 0 Å². The third-order valence-corrected chi connectivity index (χ3v) is 23.6. The van der Waals surface area contributed by atoms with Crippen molar-refractivity contribution in [2.45, 2.75) is 509 Å². The fraction of sp³-hybridized carbons (Fsp3) is 0.923. The van der Waals surface area contributed by atoms with Gasteiger partial charge in [-0.3, -0.25) is 9.59 Å². The van der Waals surface area contributed by atoms with Gasteiger partial charge in [0.1, 0.15) is 67.1 Å². The van der Waals surface area contributed by atoms with E-state index in [9.17, 15) is 75.7 Å². The minimum absolute atomic E-state index is 0.204. The Balaban J connectivity index is 1.43. The summed E-state index contributed by atoms with van der Waals surface area (Å²) in [4.78, 5) is 38.8. The minimum atomic E-state index is -3.08. The van der Waals surface area contributed by atoms with Crippen LogP contribution in [0, 0.1) is 0 Å². The Morgan fingerprint density at radius 1 is 0.456 bits per heavy atom. The van der Waals surface area contributed by atoms with Crippen LogP contribution in [0.5, 0.6) is 0 Å². The lowest BCUT2D eigenvalue weighted by Crippen LogP contribution is -2.70. The molecule has 0 aromatic carbocycles. The van der Waals surface area contributed by atoms with Crippen molar-refractivity contribution in [3.8, 4) is 0 Å². The van der Waals surface area contributed by atoms with Crippen molar-refractivity contribution in [2.24, 2.45) is 0 Å². The number of rotatable bonds is 76. The fourth-order valence-electron chi connectivity index (χ4n) is 16.3.